The molecule has 0 radical (unpaired) electrons. The van der Waals surface area contributed by atoms with Gasteiger partial charge in [-0.15, -0.1) is 0 Å². The Morgan fingerprint density at radius 2 is 1.55 bits per heavy atom. The van der Waals surface area contributed by atoms with Crippen LogP contribution in [0.25, 0.3) is 0 Å². The third kappa shape index (κ3) is 3.51. The summed E-state index contributed by atoms with van der Waals surface area (Å²) >= 11 is 0. The number of amides is 2. The summed E-state index contributed by atoms with van der Waals surface area (Å²) in [5.41, 5.74) is 4.73. The van der Waals surface area contributed by atoms with Gasteiger partial charge in [-0.1, -0.05) is 25.7 Å². The van der Waals surface area contributed by atoms with Crippen LogP contribution in [-0.4, -0.2) is 28.6 Å². The first-order valence-electron chi connectivity index (χ1n) is 7.83. The normalized spacial score (nSPS) is 30.2. The first kappa shape index (κ1) is 15.3. The van der Waals surface area contributed by atoms with Gasteiger partial charge in [-0.2, -0.15) is 0 Å². The molecule has 114 valence electrons. The molecule has 2 saturated carbocycles. The van der Waals surface area contributed by atoms with Gasteiger partial charge in [-0.25, -0.2) is 0 Å². The molecule has 4 N–H and O–H groups in total. The average molecular weight is 282 g/mol. The molecular formula is C15H26N2O3. The van der Waals surface area contributed by atoms with Crippen molar-refractivity contribution in [1.82, 2.24) is 5.32 Å². The van der Waals surface area contributed by atoms with Crippen LogP contribution in [0.1, 0.15) is 64.2 Å². The Morgan fingerprint density at radius 3 is 2.05 bits per heavy atom. The summed E-state index contributed by atoms with van der Waals surface area (Å²) in [6, 6.07) is 0. The highest BCUT2D eigenvalue weighted by Crippen LogP contribution is 2.29. The fourth-order valence-corrected chi connectivity index (χ4v) is 3.44. The van der Waals surface area contributed by atoms with Gasteiger partial charge in [0.05, 0.1) is 6.10 Å². The van der Waals surface area contributed by atoms with E-state index in [4.69, 9.17) is 5.73 Å². The van der Waals surface area contributed by atoms with Crippen LogP contribution in [-0.2, 0) is 9.59 Å². The highest BCUT2D eigenvalue weighted by atomic mass is 16.3. The van der Waals surface area contributed by atoms with Gasteiger partial charge >= 0.3 is 0 Å². The molecule has 0 spiro atoms. The number of primary amides is 1. The van der Waals surface area contributed by atoms with Crippen molar-refractivity contribution in [3.8, 4) is 0 Å². The average Bonchev–Trinajstić information content (AvgIpc) is 2.66. The van der Waals surface area contributed by atoms with Crippen LogP contribution < -0.4 is 11.1 Å². The first-order chi connectivity index (χ1) is 9.53. The summed E-state index contributed by atoms with van der Waals surface area (Å²) in [7, 11) is 0. The second-order valence-corrected chi connectivity index (χ2v) is 6.36. The number of nitrogens with one attached hydrogen (secondary N) is 1. The molecule has 0 atom stereocenters. The molecule has 2 fully saturated rings. The zero-order valence-corrected chi connectivity index (χ0v) is 12.1. The van der Waals surface area contributed by atoms with E-state index in [1.54, 1.807) is 0 Å². The summed E-state index contributed by atoms with van der Waals surface area (Å²) in [4.78, 5) is 24.3. The highest BCUT2D eigenvalue weighted by Gasteiger charge is 2.40. The zero-order chi connectivity index (χ0) is 14.6. The van der Waals surface area contributed by atoms with Crippen molar-refractivity contribution in [3.05, 3.63) is 0 Å². The molecule has 2 amide bonds. The van der Waals surface area contributed by atoms with Gasteiger partial charge in [0.1, 0.15) is 5.54 Å². The number of hydrogen-bond acceptors (Lipinski definition) is 3. The fraction of sp³-hybridized carbons (Fsp3) is 0.867. The van der Waals surface area contributed by atoms with Crippen molar-refractivity contribution in [1.29, 1.82) is 0 Å². The first-order valence-corrected chi connectivity index (χ1v) is 7.83. The van der Waals surface area contributed by atoms with E-state index in [-0.39, 0.29) is 17.9 Å². The van der Waals surface area contributed by atoms with Crippen molar-refractivity contribution >= 4 is 11.8 Å². The van der Waals surface area contributed by atoms with Crippen LogP contribution in [0.5, 0.6) is 0 Å². The lowest BCUT2D eigenvalue weighted by Gasteiger charge is -2.33. The number of carbonyl (C=O) groups excluding carboxylic acids is 2. The topological polar surface area (TPSA) is 92.4 Å². The Bertz CT molecular complexity index is 354. The Hall–Kier alpha value is -1.10. The van der Waals surface area contributed by atoms with Crippen LogP contribution in [0.4, 0.5) is 0 Å². The van der Waals surface area contributed by atoms with E-state index in [1.807, 2.05) is 0 Å². The van der Waals surface area contributed by atoms with E-state index in [1.165, 1.54) is 0 Å². The SMILES string of the molecule is NC(=O)C1(NC(=O)C2CCC(O)CC2)CCCCCC1. The van der Waals surface area contributed by atoms with Gasteiger partial charge in [0.15, 0.2) is 0 Å². The van der Waals surface area contributed by atoms with Crippen molar-refractivity contribution in [2.45, 2.75) is 75.9 Å². The minimum atomic E-state index is -0.844. The summed E-state index contributed by atoms with van der Waals surface area (Å²) in [6.45, 7) is 0. The summed E-state index contributed by atoms with van der Waals surface area (Å²) in [5.74, 6) is -0.543. The molecular weight excluding hydrogens is 256 g/mol. The molecule has 20 heavy (non-hydrogen) atoms. The molecule has 0 aromatic rings. The molecule has 2 rings (SSSR count). The van der Waals surface area contributed by atoms with E-state index in [0.29, 0.717) is 38.5 Å². The summed E-state index contributed by atoms with van der Waals surface area (Å²) in [6.07, 6.45) is 7.84. The molecule has 0 saturated heterocycles. The largest absolute Gasteiger partial charge is 0.393 e. The smallest absolute Gasteiger partial charge is 0.243 e. The fourth-order valence-electron chi connectivity index (χ4n) is 3.44. The zero-order valence-electron chi connectivity index (χ0n) is 12.1. The Kier molecular flexibility index (Phi) is 5.02. The monoisotopic (exact) mass is 282 g/mol. The lowest BCUT2D eigenvalue weighted by molar-refractivity contribution is -0.135. The molecule has 0 aliphatic heterocycles. The van der Waals surface area contributed by atoms with Crippen molar-refractivity contribution in [2.24, 2.45) is 11.7 Å². The van der Waals surface area contributed by atoms with Crippen LogP contribution in [0.2, 0.25) is 0 Å². The third-order valence-corrected chi connectivity index (χ3v) is 4.86. The van der Waals surface area contributed by atoms with E-state index in [2.05, 4.69) is 5.32 Å². The van der Waals surface area contributed by atoms with Crippen molar-refractivity contribution < 1.29 is 14.7 Å². The summed E-state index contributed by atoms with van der Waals surface area (Å²) < 4.78 is 0. The lowest BCUT2D eigenvalue weighted by atomic mass is 9.84. The van der Waals surface area contributed by atoms with E-state index in [9.17, 15) is 14.7 Å². The van der Waals surface area contributed by atoms with E-state index < -0.39 is 11.4 Å². The number of hydrogen-bond donors (Lipinski definition) is 3. The van der Waals surface area contributed by atoms with E-state index in [0.717, 1.165) is 25.7 Å². The number of aliphatic hydroxyl groups excluding tert-OH is 1. The quantitative estimate of drug-likeness (QED) is 0.680. The Morgan fingerprint density at radius 1 is 1.00 bits per heavy atom. The number of rotatable bonds is 3. The minimum absolute atomic E-state index is 0.0578. The molecule has 0 bridgehead atoms. The molecule has 0 heterocycles. The minimum Gasteiger partial charge on any atom is -0.393 e. The lowest BCUT2D eigenvalue weighted by Crippen LogP contribution is -2.58. The maximum absolute atomic E-state index is 12.4. The predicted molar refractivity (Wildman–Crippen MR) is 75.7 cm³/mol. The van der Waals surface area contributed by atoms with Gasteiger partial charge < -0.3 is 16.2 Å². The Labute approximate surface area is 120 Å². The third-order valence-electron chi connectivity index (χ3n) is 4.86. The molecule has 2 aliphatic rings. The van der Waals surface area contributed by atoms with Gasteiger partial charge in [-0.3, -0.25) is 9.59 Å². The maximum Gasteiger partial charge on any atom is 0.243 e. The molecule has 0 unspecified atom stereocenters. The van der Waals surface area contributed by atoms with E-state index >= 15 is 0 Å². The molecule has 2 aliphatic carbocycles. The molecule has 0 aromatic heterocycles. The Balaban J connectivity index is 2.00. The maximum atomic E-state index is 12.4. The number of carbonyl (C=O) groups is 2. The van der Waals surface area contributed by atoms with Crippen LogP contribution in [0.3, 0.4) is 0 Å². The van der Waals surface area contributed by atoms with Crippen molar-refractivity contribution in [2.75, 3.05) is 0 Å². The second kappa shape index (κ2) is 6.57. The molecule has 5 nitrogen and oxygen atoms in total. The molecule has 5 heteroatoms. The summed E-state index contributed by atoms with van der Waals surface area (Å²) in [5, 5.41) is 12.5. The van der Waals surface area contributed by atoms with Crippen molar-refractivity contribution in [3.63, 3.8) is 0 Å². The number of aliphatic hydroxyl groups is 1. The van der Waals surface area contributed by atoms with Crippen LogP contribution in [0.15, 0.2) is 0 Å². The van der Waals surface area contributed by atoms with Gasteiger partial charge in [0.2, 0.25) is 11.8 Å². The number of nitrogens with two attached hydrogens (primary N) is 1. The van der Waals surface area contributed by atoms with Crippen LogP contribution in [0, 0.1) is 5.92 Å². The highest BCUT2D eigenvalue weighted by molar-refractivity contribution is 5.91. The van der Waals surface area contributed by atoms with Gasteiger partial charge in [-0.05, 0) is 38.5 Å². The second-order valence-electron chi connectivity index (χ2n) is 6.36. The molecule has 0 aromatic carbocycles. The predicted octanol–water partition coefficient (Wildman–Crippen LogP) is 1.23. The standard InChI is InChI=1S/C15H26N2O3/c16-14(20)15(9-3-1-2-4-10-15)17-13(19)11-5-7-12(18)8-6-11/h11-12,18H,1-10H2,(H2,16,20)(H,17,19). The van der Waals surface area contributed by atoms with Gasteiger partial charge in [0, 0.05) is 5.92 Å². The van der Waals surface area contributed by atoms with Gasteiger partial charge in [0.25, 0.3) is 0 Å². The van der Waals surface area contributed by atoms with Crippen LogP contribution >= 0.6 is 0 Å².